The Hall–Kier alpha value is -3.14. The van der Waals surface area contributed by atoms with Crippen molar-refractivity contribution >= 4 is 5.97 Å². The third kappa shape index (κ3) is 8.17. The van der Waals surface area contributed by atoms with Gasteiger partial charge in [-0.15, -0.1) is 0 Å². The zero-order valence-electron chi connectivity index (χ0n) is 21.9. The SMILES string of the molecule is CCOC(=O)C(F)[C@H]1O[C@H](COCc2ccccc2)[C@H](OCc2ccccc2)[C@H](OCc2ccccc2)[C@@H]1O. The van der Waals surface area contributed by atoms with Gasteiger partial charge in [-0.3, -0.25) is 0 Å². The average molecular weight is 539 g/mol. The van der Waals surface area contributed by atoms with E-state index in [0.717, 1.165) is 16.7 Å². The quantitative estimate of drug-likeness (QED) is 0.323. The standard InChI is InChI=1S/C31H35FO7/c1-2-36-31(34)26(32)29-27(33)30(38-20-24-16-10-5-11-17-24)28(37-19-23-14-8-4-9-15-23)25(39-29)21-35-18-22-12-6-3-7-13-22/h3-17,25-30,33H,2,18-21H2,1H3/t25-,26?,27-,28+,29-,30-/m1/s1. The van der Waals surface area contributed by atoms with Crippen molar-refractivity contribution in [2.45, 2.75) is 63.4 Å². The Morgan fingerprint density at radius 2 is 1.31 bits per heavy atom. The minimum absolute atomic E-state index is 0.00241. The smallest absolute Gasteiger partial charge is 0.343 e. The molecule has 3 aromatic rings. The van der Waals surface area contributed by atoms with E-state index < -0.39 is 42.7 Å². The van der Waals surface area contributed by atoms with Crippen molar-refractivity contribution < 1.29 is 38.0 Å². The maximum absolute atomic E-state index is 15.3. The Morgan fingerprint density at radius 1 is 0.821 bits per heavy atom. The normalized spacial score (nSPS) is 23.7. The van der Waals surface area contributed by atoms with Crippen LogP contribution in [0.5, 0.6) is 0 Å². The molecule has 1 N–H and O–H groups in total. The molecule has 0 aliphatic carbocycles. The minimum atomic E-state index is -2.21. The number of aliphatic hydroxyl groups excluding tert-OH is 1. The van der Waals surface area contributed by atoms with Crippen LogP contribution in [0, 0.1) is 0 Å². The van der Waals surface area contributed by atoms with Crippen LogP contribution in [0.3, 0.4) is 0 Å². The number of hydrogen-bond acceptors (Lipinski definition) is 7. The van der Waals surface area contributed by atoms with Crippen molar-refractivity contribution in [3.05, 3.63) is 108 Å². The highest BCUT2D eigenvalue weighted by Crippen LogP contribution is 2.31. The number of hydrogen-bond donors (Lipinski definition) is 1. The summed E-state index contributed by atoms with van der Waals surface area (Å²) in [6.07, 6.45) is -7.89. The zero-order valence-corrected chi connectivity index (χ0v) is 21.9. The molecule has 1 heterocycles. The predicted octanol–water partition coefficient (Wildman–Crippen LogP) is 4.40. The molecule has 4 rings (SSSR count). The van der Waals surface area contributed by atoms with Crippen molar-refractivity contribution in [1.82, 2.24) is 0 Å². The number of benzene rings is 3. The lowest BCUT2D eigenvalue weighted by Crippen LogP contribution is -2.63. The van der Waals surface area contributed by atoms with Gasteiger partial charge in [-0.05, 0) is 23.6 Å². The second-order valence-corrected chi connectivity index (χ2v) is 9.31. The highest BCUT2D eigenvalue weighted by Gasteiger charge is 2.51. The molecule has 39 heavy (non-hydrogen) atoms. The van der Waals surface area contributed by atoms with Crippen LogP contribution in [0.1, 0.15) is 23.6 Å². The first-order chi connectivity index (χ1) is 19.1. The highest BCUT2D eigenvalue weighted by atomic mass is 19.1. The van der Waals surface area contributed by atoms with Crippen molar-refractivity contribution in [3.63, 3.8) is 0 Å². The van der Waals surface area contributed by atoms with Gasteiger partial charge in [-0.2, -0.15) is 0 Å². The molecule has 0 bridgehead atoms. The Balaban J connectivity index is 1.57. The van der Waals surface area contributed by atoms with Gasteiger partial charge in [0, 0.05) is 0 Å². The fourth-order valence-electron chi connectivity index (χ4n) is 4.48. The Bertz CT molecular complexity index is 1120. The van der Waals surface area contributed by atoms with Crippen LogP contribution in [-0.4, -0.2) is 61.0 Å². The lowest BCUT2D eigenvalue weighted by atomic mass is 9.92. The summed E-state index contributed by atoms with van der Waals surface area (Å²) in [5.74, 6) is -1.10. The lowest BCUT2D eigenvalue weighted by molar-refractivity contribution is -0.271. The lowest BCUT2D eigenvalue weighted by Gasteiger charge is -2.45. The van der Waals surface area contributed by atoms with Crippen LogP contribution in [0.25, 0.3) is 0 Å². The molecule has 7 nitrogen and oxygen atoms in total. The summed E-state index contributed by atoms with van der Waals surface area (Å²) in [4.78, 5) is 12.3. The molecule has 1 aliphatic rings. The first kappa shape index (κ1) is 28.9. The number of rotatable bonds is 13. The van der Waals surface area contributed by atoms with Crippen molar-refractivity contribution in [2.75, 3.05) is 13.2 Å². The van der Waals surface area contributed by atoms with Gasteiger partial charge in [0.05, 0.1) is 33.0 Å². The van der Waals surface area contributed by atoms with Crippen molar-refractivity contribution in [3.8, 4) is 0 Å². The molecular formula is C31H35FO7. The van der Waals surface area contributed by atoms with E-state index in [-0.39, 0.29) is 26.4 Å². The van der Waals surface area contributed by atoms with E-state index >= 15 is 4.39 Å². The minimum Gasteiger partial charge on any atom is -0.464 e. The van der Waals surface area contributed by atoms with E-state index in [9.17, 15) is 9.90 Å². The Morgan fingerprint density at radius 3 is 1.82 bits per heavy atom. The van der Waals surface area contributed by atoms with Crippen LogP contribution >= 0.6 is 0 Å². The number of carbonyl (C=O) groups is 1. The van der Waals surface area contributed by atoms with Crippen molar-refractivity contribution in [2.24, 2.45) is 0 Å². The molecule has 208 valence electrons. The van der Waals surface area contributed by atoms with Crippen molar-refractivity contribution in [1.29, 1.82) is 0 Å². The molecule has 1 fully saturated rings. The van der Waals surface area contributed by atoms with Gasteiger partial charge in [-0.25, -0.2) is 9.18 Å². The number of alkyl halides is 1. The summed E-state index contributed by atoms with van der Waals surface area (Å²) in [5.41, 5.74) is 2.74. The predicted molar refractivity (Wildman–Crippen MR) is 142 cm³/mol. The first-order valence-electron chi connectivity index (χ1n) is 13.1. The van der Waals surface area contributed by atoms with Gasteiger partial charge < -0.3 is 28.8 Å². The summed E-state index contributed by atoms with van der Waals surface area (Å²) in [6.45, 7) is 2.27. The zero-order chi connectivity index (χ0) is 27.5. The number of carbonyl (C=O) groups excluding carboxylic acids is 1. The summed E-state index contributed by atoms with van der Waals surface area (Å²) >= 11 is 0. The number of aliphatic hydroxyl groups is 1. The molecule has 3 aromatic carbocycles. The van der Waals surface area contributed by atoms with Gasteiger partial charge in [-0.1, -0.05) is 91.0 Å². The Labute approximate surface area is 228 Å². The largest absolute Gasteiger partial charge is 0.464 e. The van der Waals surface area contributed by atoms with Gasteiger partial charge in [0.25, 0.3) is 0 Å². The molecule has 0 radical (unpaired) electrons. The van der Waals surface area contributed by atoms with Crippen LogP contribution in [0.2, 0.25) is 0 Å². The van der Waals surface area contributed by atoms with E-state index in [2.05, 4.69) is 0 Å². The van der Waals surface area contributed by atoms with Gasteiger partial charge in [0.1, 0.15) is 30.5 Å². The molecular weight excluding hydrogens is 503 g/mol. The molecule has 1 saturated heterocycles. The van der Waals surface area contributed by atoms with Crippen LogP contribution < -0.4 is 0 Å². The summed E-state index contributed by atoms with van der Waals surface area (Å²) < 4.78 is 44.5. The monoisotopic (exact) mass is 538 g/mol. The second-order valence-electron chi connectivity index (χ2n) is 9.31. The van der Waals surface area contributed by atoms with E-state index in [0.29, 0.717) is 6.61 Å². The Kier molecular flexibility index (Phi) is 11.0. The maximum atomic E-state index is 15.3. The molecule has 8 heteroatoms. The van der Waals surface area contributed by atoms with E-state index in [1.807, 2.05) is 91.0 Å². The highest BCUT2D eigenvalue weighted by molar-refractivity contribution is 5.75. The van der Waals surface area contributed by atoms with E-state index in [4.69, 9.17) is 23.7 Å². The summed E-state index contributed by atoms with van der Waals surface area (Å²) in [5, 5.41) is 11.3. The summed E-state index contributed by atoms with van der Waals surface area (Å²) in [6, 6.07) is 28.6. The van der Waals surface area contributed by atoms with Gasteiger partial charge in [0.2, 0.25) is 6.17 Å². The third-order valence-corrected chi connectivity index (χ3v) is 6.46. The third-order valence-electron chi connectivity index (χ3n) is 6.46. The maximum Gasteiger partial charge on any atom is 0.343 e. The fraction of sp³-hybridized carbons (Fsp3) is 0.387. The number of esters is 1. The number of ether oxygens (including phenoxy) is 5. The van der Waals surface area contributed by atoms with E-state index in [1.54, 1.807) is 6.92 Å². The van der Waals surface area contributed by atoms with Crippen LogP contribution in [0.15, 0.2) is 91.0 Å². The van der Waals surface area contributed by atoms with E-state index in [1.165, 1.54) is 0 Å². The second kappa shape index (κ2) is 14.9. The molecule has 1 unspecified atom stereocenters. The topological polar surface area (TPSA) is 83.5 Å². The van der Waals surface area contributed by atoms with Crippen LogP contribution in [0.4, 0.5) is 4.39 Å². The summed E-state index contributed by atoms with van der Waals surface area (Å²) in [7, 11) is 0. The van der Waals surface area contributed by atoms with Gasteiger partial charge >= 0.3 is 5.97 Å². The molecule has 0 saturated carbocycles. The average Bonchev–Trinajstić information content (AvgIpc) is 2.97. The molecule has 0 aromatic heterocycles. The molecule has 1 aliphatic heterocycles. The molecule has 0 spiro atoms. The first-order valence-corrected chi connectivity index (χ1v) is 13.1. The molecule has 6 atom stereocenters. The fourth-order valence-corrected chi connectivity index (χ4v) is 4.48. The van der Waals surface area contributed by atoms with Gasteiger partial charge in [0.15, 0.2) is 0 Å². The molecule has 0 amide bonds. The number of halogens is 1. The van der Waals surface area contributed by atoms with Crippen LogP contribution in [-0.2, 0) is 48.3 Å².